The lowest BCUT2D eigenvalue weighted by Crippen LogP contribution is -2.45. The Balaban J connectivity index is 1.87. The predicted octanol–water partition coefficient (Wildman–Crippen LogP) is 0.845. The van der Waals surface area contributed by atoms with Gasteiger partial charge in [0.05, 0.1) is 7.11 Å². The number of aliphatic hydroxyl groups excluding tert-OH is 2. The number of amides is 1. The molecule has 2 aromatic carbocycles. The molecule has 0 spiro atoms. The van der Waals surface area contributed by atoms with Crippen LogP contribution < -0.4 is 10.1 Å². The molecule has 0 bridgehead atoms. The molecule has 2 atom stereocenters. The van der Waals surface area contributed by atoms with Gasteiger partial charge in [0, 0.05) is 13.0 Å². The number of ether oxygens (including phenoxy) is 1. The summed E-state index contributed by atoms with van der Waals surface area (Å²) in [4.78, 5) is 24.0. The Morgan fingerprint density at radius 3 is 2.20 bits per heavy atom. The molecule has 2 aromatic rings. The summed E-state index contributed by atoms with van der Waals surface area (Å²) in [7, 11) is 1.54. The fourth-order valence-corrected chi connectivity index (χ4v) is 2.26. The van der Waals surface area contributed by atoms with Gasteiger partial charge in [-0.25, -0.2) is 0 Å². The molecule has 0 radical (unpaired) electrons. The molecule has 25 heavy (non-hydrogen) atoms. The summed E-state index contributed by atoms with van der Waals surface area (Å²) in [5, 5.41) is 22.3. The van der Waals surface area contributed by atoms with E-state index in [1.54, 1.807) is 24.3 Å². The fraction of sp³-hybridized carbons (Fsp3) is 0.263. The quantitative estimate of drug-likeness (QED) is 0.660. The largest absolute Gasteiger partial charge is 0.497 e. The van der Waals surface area contributed by atoms with Gasteiger partial charge in [-0.15, -0.1) is 0 Å². The highest BCUT2D eigenvalue weighted by atomic mass is 16.5. The number of nitrogens with one attached hydrogen (secondary N) is 1. The van der Waals surface area contributed by atoms with Crippen molar-refractivity contribution in [1.82, 2.24) is 5.32 Å². The second kappa shape index (κ2) is 8.96. The van der Waals surface area contributed by atoms with Gasteiger partial charge in [-0.1, -0.05) is 42.5 Å². The summed E-state index contributed by atoms with van der Waals surface area (Å²) in [6.45, 7) is 0.204. The molecule has 0 saturated heterocycles. The molecular weight excluding hydrogens is 322 g/mol. The Kier molecular flexibility index (Phi) is 6.68. The molecule has 0 fully saturated rings. The number of benzene rings is 2. The highest BCUT2D eigenvalue weighted by molar-refractivity contribution is 5.92. The Morgan fingerprint density at radius 2 is 1.60 bits per heavy atom. The average Bonchev–Trinajstić information content (AvgIpc) is 2.66. The molecule has 132 valence electrons. The second-order valence-corrected chi connectivity index (χ2v) is 5.58. The smallest absolute Gasteiger partial charge is 0.252 e. The lowest BCUT2D eigenvalue weighted by molar-refractivity contribution is -0.144. The predicted molar refractivity (Wildman–Crippen MR) is 92.0 cm³/mol. The van der Waals surface area contributed by atoms with E-state index in [1.165, 1.54) is 7.11 Å². The minimum atomic E-state index is -1.81. The van der Waals surface area contributed by atoms with E-state index in [-0.39, 0.29) is 13.0 Å². The van der Waals surface area contributed by atoms with Crippen LogP contribution >= 0.6 is 0 Å². The van der Waals surface area contributed by atoms with Gasteiger partial charge in [0.25, 0.3) is 5.91 Å². The van der Waals surface area contributed by atoms with E-state index in [0.717, 1.165) is 5.56 Å². The van der Waals surface area contributed by atoms with Crippen LogP contribution in [-0.4, -0.2) is 41.2 Å². The SMILES string of the molecule is COc1ccc(CC(=O)[C@H](O)[C@@H](O)C(=O)NCc2ccccc2)cc1. The maximum atomic E-state index is 12.1. The monoisotopic (exact) mass is 343 g/mol. The van der Waals surface area contributed by atoms with Crippen LogP contribution in [0.5, 0.6) is 5.75 Å². The average molecular weight is 343 g/mol. The minimum Gasteiger partial charge on any atom is -0.497 e. The Bertz CT molecular complexity index is 700. The standard InChI is InChI=1S/C19H21NO5/c1-25-15-9-7-13(8-10-15)11-16(21)17(22)18(23)19(24)20-12-14-5-3-2-4-6-14/h2-10,17-18,22-23H,11-12H2,1H3,(H,20,24)/t17-,18+/m0/s1. The van der Waals surface area contributed by atoms with Crippen molar-refractivity contribution < 1.29 is 24.5 Å². The van der Waals surface area contributed by atoms with Crippen molar-refractivity contribution in [2.45, 2.75) is 25.2 Å². The van der Waals surface area contributed by atoms with E-state index in [0.29, 0.717) is 11.3 Å². The molecule has 0 unspecified atom stereocenters. The fourth-order valence-electron chi connectivity index (χ4n) is 2.26. The third kappa shape index (κ3) is 5.41. The zero-order chi connectivity index (χ0) is 18.2. The molecule has 0 aromatic heterocycles. The molecule has 0 aliphatic rings. The van der Waals surface area contributed by atoms with E-state index < -0.39 is 23.9 Å². The Labute approximate surface area is 146 Å². The lowest BCUT2D eigenvalue weighted by Gasteiger charge is -2.16. The van der Waals surface area contributed by atoms with Crippen LogP contribution in [-0.2, 0) is 22.6 Å². The number of ketones is 1. The van der Waals surface area contributed by atoms with Crippen molar-refractivity contribution in [2.24, 2.45) is 0 Å². The number of hydrogen-bond donors (Lipinski definition) is 3. The van der Waals surface area contributed by atoms with Gasteiger partial charge in [-0.2, -0.15) is 0 Å². The van der Waals surface area contributed by atoms with Gasteiger partial charge in [0.1, 0.15) is 11.9 Å². The van der Waals surface area contributed by atoms with Gasteiger partial charge in [-0.3, -0.25) is 9.59 Å². The summed E-state index contributed by atoms with van der Waals surface area (Å²) >= 11 is 0. The topological polar surface area (TPSA) is 95.9 Å². The molecular formula is C19H21NO5. The molecule has 3 N–H and O–H groups in total. The molecule has 0 saturated carbocycles. The van der Waals surface area contributed by atoms with Gasteiger partial charge in [-0.05, 0) is 23.3 Å². The number of hydrogen-bond acceptors (Lipinski definition) is 5. The van der Waals surface area contributed by atoms with Crippen molar-refractivity contribution >= 4 is 11.7 Å². The first-order valence-electron chi connectivity index (χ1n) is 7.84. The van der Waals surface area contributed by atoms with Crippen molar-refractivity contribution in [1.29, 1.82) is 0 Å². The molecule has 2 rings (SSSR count). The summed E-state index contributed by atoms with van der Waals surface area (Å²) in [5.74, 6) is -0.774. The number of carbonyl (C=O) groups is 2. The minimum absolute atomic E-state index is 0.0891. The third-order valence-electron chi connectivity index (χ3n) is 3.74. The van der Waals surface area contributed by atoms with Gasteiger partial charge >= 0.3 is 0 Å². The summed E-state index contributed by atoms with van der Waals surface area (Å²) in [6.07, 6.45) is -3.68. The molecule has 1 amide bonds. The summed E-state index contributed by atoms with van der Waals surface area (Å²) < 4.78 is 5.03. The maximum absolute atomic E-state index is 12.1. The number of aliphatic hydroxyl groups is 2. The van der Waals surface area contributed by atoms with Crippen molar-refractivity contribution in [2.75, 3.05) is 7.11 Å². The van der Waals surface area contributed by atoms with Gasteiger partial charge in [0.2, 0.25) is 0 Å². The number of Topliss-reactive ketones (excluding diaryl/α,β-unsaturated/α-hetero) is 1. The number of carbonyl (C=O) groups excluding carboxylic acids is 2. The van der Waals surface area contributed by atoms with Gasteiger partial charge < -0.3 is 20.3 Å². The van der Waals surface area contributed by atoms with Crippen LogP contribution in [0, 0.1) is 0 Å². The van der Waals surface area contributed by atoms with Crippen molar-refractivity contribution in [3.63, 3.8) is 0 Å². The molecule has 6 heteroatoms. The number of rotatable bonds is 8. The summed E-state index contributed by atoms with van der Waals surface area (Å²) in [6, 6.07) is 15.9. The van der Waals surface area contributed by atoms with Crippen LogP contribution in [0.2, 0.25) is 0 Å². The normalized spacial score (nSPS) is 12.9. The molecule has 0 aliphatic heterocycles. The Morgan fingerprint density at radius 1 is 0.960 bits per heavy atom. The van der Waals surface area contributed by atoms with Crippen LogP contribution in [0.25, 0.3) is 0 Å². The highest BCUT2D eigenvalue weighted by Crippen LogP contribution is 2.13. The Hall–Kier alpha value is -2.70. The number of methoxy groups -OCH3 is 1. The lowest BCUT2D eigenvalue weighted by atomic mass is 10.0. The first-order chi connectivity index (χ1) is 12.0. The van der Waals surface area contributed by atoms with Crippen LogP contribution in [0.4, 0.5) is 0 Å². The zero-order valence-electron chi connectivity index (χ0n) is 13.9. The third-order valence-corrected chi connectivity index (χ3v) is 3.74. The van der Waals surface area contributed by atoms with Crippen LogP contribution in [0.1, 0.15) is 11.1 Å². The van der Waals surface area contributed by atoms with Crippen molar-refractivity contribution in [3.8, 4) is 5.75 Å². The van der Waals surface area contributed by atoms with E-state index in [2.05, 4.69) is 5.32 Å². The van der Waals surface area contributed by atoms with E-state index >= 15 is 0 Å². The molecule has 0 heterocycles. The van der Waals surface area contributed by atoms with Gasteiger partial charge in [0.15, 0.2) is 11.9 Å². The summed E-state index contributed by atoms with van der Waals surface area (Å²) in [5.41, 5.74) is 1.50. The highest BCUT2D eigenvalue weighted by Gasteiger charge is 2.29. The zero-order valence-corrected chi connectivity index (χ0v) is 13.9. The second-order valence-electron chi connectivity index (χ2n) is 5.58. The van der Waals surface area contributed by atoms with Crippen LogP contribution in [0.3, 0.4) is 0 Å². The molecule has 6 nitrogen and oxygen atoms in total. The van der Waals surface area contributed by atoms with Crippen molar-refractivity contribution in [3.05, 3.63) is 65.7 Å². The van der Waals surface area contributed by atoms with E-state index in [9.17, 15) is 19.8 Å². The first kappa shape index (κ1) is 18.6. The van der Waals surface area contributed by atoms with Crippen LogP contribution in [0.15, 0.2) is 54.6 Å². The van der Waals surface area contributed by atoms with E-state index in [4.69, 9.17) is 4.74 Å². The first-order valence-corrected chi connectivity index (χ1v) is 7.84. The van der Waals surface area contributed by atoms with E-state index in [1.807, 2.05) is 30.3 Å². The molecule has 0 aliphatic carbocycles. The maximum Gasteiger partial charge on any atom is 0.252 e.